The van der Waals surface area contributed by atoms with E-state index in [4.69, 9.17) is 28.7 Å². The number of benzene rings is 1. The number of H-pyrrole nitrogens is 4. The van der Waals surface area contributed by atoms with Gasteiger partial charge in [-0.15, -0.1) is 0 Å². The highest BCUT2D eigenvalue weighted by atomic mass is 16.6. The molecule has 106 heavy (non-hydrogen) atoms. The van der Waals surface area contributed by atoms with Crippen LogP contribution in [0, 0.1) is 15.5 Å². The number of primary amides is 2. The summed E-state index contributed by atoms with van der Waals surface area (Å²) in [5.41, 5.74) is 22.4. The van der Waals surface area contributed by atoms with Crippen molar-refractivity contribution in [3.63, 3.8) is 0 Å². The lowest BCUT2D eigenvalue weighted by molar-refractivity contribution is -0.386. The third-order valence-electron chi connectivity index (χ3n) is 11.7. The number of carbonyl (C=O) groups excluding carboxylic acids is 20. The van der Waals surface area contributed by atoms with E-state index >= 15 is 0 Å². The molecule has 3 atom stereocenters. The Morgan fingerprint density at radius 2 is 1.03 bits per heavy atom. The topological polar surface area (TPSA) is 863 Å². The van der Waals surface area contributed by atoms with E-state index in [1.807, 2.05) is 39.8 Å². The Morgan fingerprint density at radius 1 is 0.528 bits per heavy atom. The van der Waals surface area contributed by atoms with Gasteiger partial charge in [0, 0.05) is 51.0 Å². The highest BCUT2D eigenvalue weighted by Crippen LogP contribution is 2.30. The average Bonchev–Trinajstić information content (AvgIpc) is 1.68. The van der Waals surface area contributed by atoms with Crippen LogP contribution in [0.1, 0.15) is 73.1 Å². The molecule has 54 heteroatoms. The highest BCUT2D eigenvalue weighted by Gasteiger charge is 2.32. The number of hydrogen-bond acceptors (Lipinski definition) is 31. The summed E-state index contributed by atoms with van der Waals surface area (Å²) >= 11 is 0. The summed E-state index contributed by atoms with van der Waals surface area (Å²) in [6.45, 7) is 5.97. The van der Waals surface area contributed by atoms with Gasteiger partial charge in [0.15, 0.2) is 18.1 Å². The van der Waals surface area contributed by atoms with Crippen LogP contribution in [0.2, 0.25) is 0 Å². The van der Waals surface area contributed by atoms with Crippen molar-refractivity contribution in [1.82, 2.24) is 105 Å². The Labute approximate surface area is 587 Å². The first-order chi connectivity index (χ1) is 49.5. The van der Waals surface area contributed by atoms with E-state index in [1.54, 1.807) is 39.9 Å². The van der Waals surface area contributed by atoms with Crippen LogP contribution >= 0.6 is 0 Å². The molecule has 2 aromatic heterocycles. The summed E-state index contributed by atoms with van der Waals surface area (Å²) in [5.74, 6) is -4.60. The number of Topliss-reactive ketones (excluding diaryl/α,β-unsaturated/α-hetero) is 2. The quantitative estimate of drug-likeness (QED) is 0.0289. The van der Waals surface area contributed by atoms with Gasteiger partial charge in [-0.05, 0) is 17.5 Å². The van der Waals surface area contributed by atoms with Crippen LogP contribution < -0.4 is 136 Å². The molecule has 0 spiro atoms. The van der Waals surface area contributed by atoms with Crippen molar-refractivity contribution >= 4 is 136 Å². The lowest BCUT2D eigenvalue weighted by atomic mass is 9.76. The highest BCUT2D eigenvalue weighted by molar-refractivity contribution is 6.45. The molecule has 3 aromatic rings. The fraction of sp³-hybridized carbons (Fsp3) is 0.308. The maximum absolute atomic E-state index is 10.9. The average molecular weight is 1500 g/mol. The Morgan fingerprint density at radius 3 is 1.33 bits per heavy atom. The standard InChI is InChI=1S/C8H5NO2.C8H12O2.C4H7N5O2.C4H8N4O2.C4H3N3O4.C4H4N2O3.C4H4N2O2.C4H5NO2.C3H6N4O.C3H2N2O3.C3H4N2O2.C3H6N2O/c10-7-5-3-1-2-4-6(5)8(11)9-7;1-8(2)4-6(9)3-7(10)5-8;5-3-7-1(2(10)9-3)8-4(6)11;5-3(9)7-2-1-6-4(10)8-2;8-3-2(7(10)11)1-5-4(9)6-3;7-2-1-3(8)6-4(9)5-2;7-3-1-2-5-4(8)6-3;6-3-1-2-4(7)5-3;4-1-2(8)7-3(5)6-1;6-1-2(7)5-3(8)4-1;6-2-1-4-3(7)5-2;6-3-4-1-2-5-3/h1-4H,(H,9,10,11);3-5H2,1-2H3;1H,(H3,6,8,11)(H3,5,7,9,10);2H,1H2,(H3,5,7,9)(H2,6,8,10);1H,(H2,5,6,8,9);1H2,(H2,5,6,7,8,9);1-2H,(H2,5,6,7,8);1-2H2,(H,5,6,7);1H,4H2,(H3,5,6,7,8);(H2,4,5,6,7,8);1H2,(H2,4,5,6,7);1-2H2,(H2,4,5,6). The number of nitrogens with two attached hydrogens (primary N) is 5. The van der Waals surface area contributed by atoms with Crippen LogP contribution in [-0.4, -0.2) is 200 Å². The van der Waals surface area contributed by atoms with Gasteiger partial charge in [-0.25, -0.2) is 53.1 Å². The summed E-state index contributed by atoms with van der Waals surface area (Å²) in [6.07, 6.45) is 1.69. The lowest BCUT2D eigenvalue weighted by Crippen LogP contribution is -2.49. The third kappa shape index (κ3) is 35.4. The first kappa shape index (κ1) is 86.8. The Hall–Kier alpha value is -15.3. The van der Waals surface area contributed by atoms with Crippen LogP contribution in [0.4, 0.5) is 39.2 Å². The van der Waals surface area contributed by atoms with Crippen LogP contribution in [0.15, 0.2) is 71.9 Å². The largest absolute Gasteiger partial charge is 0.370 e. The smallest absolute Gasteiger partial charge is 0.349 e. The first-order valence-corrected chi connectivity index (χ1v) is 29.2. The second-order valence-electron chi connectivity index (χ2n) is 21.1. The van der Waals surface area contributed by atoms with Crippen LogP contribution in [0.3, 0.4) is 0 Å². The fourth-order valence-electron chi connectivity index (χ4n) is 7.49. The number of hydrogen-bond donors (Lipinski definition) is 25. The second-order valence-corrected chi connectivity index (χ2v) is 21.1. The van der Waals surface area contributed by atoms with Crippen LogP contribution in [0.5, 0.6) is 0 Å². The van der Waals surface area contributed by atoms with Gasteiger partial charge in [0.2, 0.25) is 35.7 Å². The molecule has 3 unspecified atom stereocenters. The minimum absolute atomic E-state index is 0.0197. The number of aromatic nitrogens is 4. The van der Waals surface area contributed by atoms with E-state index in [1.165, 1.54) is 12.3 Å². The summed E-state index contributed by atoms with van der Waals surface area (Å²) < 4.78 is 0. The molecule has 1 aliphatic carbocycles. The molecule has 30 N–H and O–H groups in total. The van der Waals surface area contributed by atoms with Crippen molar-refractivity contribution in [3.05, 3.63) is 106 Å². The molecule has 25 amide bonds. The van der Waals surface area contributed by atoms with Crippen molar-refractivity contribution in [2.75, 3.05) is 26.2 Å². The Bertz CT molecular complexity index is 4080. The normalized spacial score (nSPS) is 18.8. The van der Waals surface area contributed by atoms with Gasteiger partial charge >= 0.3 is 76.7 Å². The van der Waals surface area contributed by atoms with E-state index in [-0.39, 0.29) is 108 Å². The number of aliphatic imine (C=N–C) groups is 2. The number of nitro groups is 1. The predicted molar refractivity (Wildman–Crippen MR) is 348 cm³/mol. The van der Waals surface area contributed by atoms with Gasteiger partial charge in [-0.1, -0.05) is 26.0 Å². The zero-order valence-corrected chi connectivity index (χ0v) is 54.7. The molecule has 1 saturated carbocycles. The summed E-state index contributed by atoms with van der Waals surface area (Å²) in [7, 11) is 0. The molecule has 1 aromatic carbocycles. The van der Waals surface area contributed by atoms with Crippen molar-refractivity contribution in [1.29, 1.82) is 0 Å². The minimum atomic E-state index is -1.00. The van der Waals surface area contributed by atoms with Crippen molar-refractivity contribution < 1.29 is 101 Å². The number of barbiturate groups is 1. The van der Waals surface area contributed by atoms with E-state index in [9.17, 15) is 125 Å². The number of rotatable bonds is 3. The SMILES string of the molecule is CC1(C)CC(=O)CC(=O)C1.NC(=O)NC1CNC(=O)N1.NC(=O)NC1N=C(N)NC1=O.NC1=NC(N)C(=O)N1.O=C1CC(=O)NC(=O)N1.O=C1CCC(=O)N1.O=C1CNC(=O)N1.O=C1NC(=O)C(=O)N1.O=C1NC(=O)c2ccccc21.O=C1NCCN1.O=c1[nH]cc([N+](=O)[O-])c(=O)[nH]1.O=c1cc[nH]c(=O)[nH]1. The zero-order valence-electron chi connectivity index (χ0n) is 54.7. The van der Waals surface area contributed by atoms with Gasteiger partial charge in [0.25, 0.3) is 29.2 Å². The van der Waals surface area contributed by atoms with E-state index < -0.39 is 99.6 Å². The number of aromatic amines is 4. The molecule has 0 bridgehead atoms. The maximum atomic E-state index is 10.9. The van der Waals surface area contributed by atoms with E-state index in [0.29, 0.717) is 43.4 Å². The molecule has 10 aliphatic rings. The molecule has 570 valence electrons. The number of imide groups is 7. The van der Waals surface area contributed by atoms with Gasteiger partial charge in [0.1, 0.15) is 24.2 Å². The molecular weight excluding hydrogens is 1430 g/mol. The van der Waals surface area contributed by atoms with Crippen molar-refractivity contribution in [2.45, 2.75) is 70.9 Å². The van der Waals surface area contributed by atoms with Crippen molar-refractivity contribution in [2.24, 2.45) is 44.1 Å². The molecular formula is C52H66N28O26. The summed E-state index contributed by atoms with van der Waals surface area (Å²) in [5, 5.41) is 44.7. The monoisotopic (exact) mass is 1500 g/mol. The first-order valence-electron chi connectivity index (χ1n) is 29.2. The molecule has 0 radical (unpaired) electrons. The fourth-order valence-corrected chi connectivity index (χ4v) is 7.49. The number of amides is 25. The Kier molecular flexibility index (Phi) is 34.9. The number of nitrogens with zero attached hydrogens (tertiary/aromatic N) is 3. The van der Waals surface area contributed by atoms with Gasteiger partial charge < -0.3 is 75.9 Å². The molecule has 6 saturated heterocycles. The van der Waals surface area contributed by atoms with Crippen molar-refractivity contribution in [3.8, 4) is 0 Å². The molecule has 13 rings (SSSR count). The molecule has 9 aliphatic heterocycles. The molecule has 54 nitrogen and oxygen atoms in total. The van der Waals surface area contributed by atoms with E-state index in [0.717, 1.165) is 19.3 Å². The van der Waals surface area contributed by atoms with Crippen LogP contribution in [-0.2, 0) is 52.7 Å². The predicted octanol–water partition coefficient (Wildman–Crippen LogP) is -12.0. The Balaban J connectivity index is 0.000000394. The number of nitrogens with one attached hydrogen (secondary N) is 20. The lowest BCUT2D eigenvalue weighted by Gasteiger charge is -2.26. The minimum Gasteiger partial charge on any atom is -0.370 e. The number of ketones is 2. The van der Waals surface area contributed by atoms with E-state index in [2.05, 4.69) is 73.5 Å². The molecule has 7 fully saturated rings. The number of carbonyl (C=O) groups is 20. The maximum Gasteiger partial charge on any atom is 0.349 e. The summed E-state index contributed by atoms with van der Waals surface area (Å²) in [6, 6.07) is 4.29. The zero-order chi connectivity index (χ0) is 80.1. The third-order valence-corrected chi connectivity index (χ3v) is 11.7. The van der Waals surface area contributed by atoms with Crippen LogP contribution in [0.25, 0.3) is 0 Å². The number of guanidine groups is 2. The second kappa shape index (κ2) is 42.6. The van der Waals surface area contributed by atoms with Gasteiger partial charge in [0.05, 0.1) is 41.8 Å². The number of urea groups is 7. The number of fused-ring (bicyclic) bond motifs is 1. The van der Waals surface area contributed by atoms with Gasteiger partial charge in [-0.2, -0.15) is 0 Å². The van der Waals surface area contributed by atoms with Gasteiger partial charge in [-0.3, -0.25) is 140 Å². The summed E-state index contributed by atoms with van der Waals surface area (Å²) in [4.78, 5) is 272. The molecule has 11 heterocycles.